The van der Waals surface area contributed by atoms with Gasteiger partial charge < -0.3 is 15.2 Å². The molecule has 0 unspecified atom stereocenters. The lowest BCUT2D eigenvalue weighted by Gasteiger charge is -2.45. The largest absolute Gasteiger partial charge is 0.394 e. The van der Waals surface area contributed by atoms with Crippen LogP contribution in [0.4, 0.5) is 5.69 Å². The molecule has 0 bridgehead atoms. The van der Waals surface area contributed by atoms with Crippen LogP contribution in [-0.4, -0.2) is 17.8 Å². The second kappa shape index (κ2) is 6.42. The van der Waals surface area contributed by atoms with Crippen molar-refractivity contribution < 1.29 is 9.84 Å². The third kappa shape index (κ3) is 3.12. The predicted octanol–water partition coefficient (Wildman–Crippen LogP) is 5.04. The molecule has 3 nitrogen and oxygen atoms in total. The van der Waals surface area contributed by atoms with E-state index in [2.05, 4.69) is 61.1 Å². The Balaban J connectivity index is 1.77. The lowest BCUT2D eigenvalue weighted by Crippen LogP contribution is -2.40. The zero-order chi connectivity index (χ0) is 17.6. The van der Waals surface area contributed by atoms with E-state index < -0.39 is 0 Å². The van der Waals surface area contributed by atoms with E-state index in [-0.39, 0.29) is 30.3 Å². The van der Waals surface area contributed by atoms with Gasteiger partial charge in [0.05, 0.1) is 24.9 Å². The summed E-state index contributed by atoms with van der Waals surface area (Å²) in [5.41, 5.74) is 5.21. The number of aliphatic hydroxyl groups is 1. The molecule has 2 aliphatic heterocycles. The van der Waals surface area contributed by atoms with Crippen LogP contribution in [0.2, 0.25) is 0 Å². The van der Waals surface area contributed by atoms with Crippen molar-refractivity contribution in [3.63, 3.8) is 0 Å². The number of fused-ring (bicyclic) bond motifs is 3. The number of anilines is 1. The topological polar surface area (TPSA) is 41.5 Å². The minimum atomic E-state index is -0.0476. The lowest BCUT2D eigenvalue weighted by atomic mass is 9.75. The Morgan fingerprint density at radius 2 is 2.08 bits per heavy atom. The molecule has 2 N–H and O–H groups in total. The molecule has 4 atom stereocenters. The van der Waals surface area contributed by atoms with Crippen LogP contribution in [0.3, 0.4) is 0 Å². The SMILES string of the molecule is CC(C)(C)c1ccc2c(c1)[C@H]1O[C@@H](CO)CC[C@H]1[C@H](c1ccsc1)N2. The zero-order valence-corrected chi connectivity index (χ0v) is 16.0. The van der Waals surface area contributed by atoms with Crippen molar-refractivity contribution >= 4 is 17.0 Å². The van der Waals surface area contributed by atoms with Gasteiger partial charge in [0.25, 0.3) is 0 Å². The Morgan fingerprint density at radius 3 is 2.76 bits per heavy atom. The van der Waals surface area contributed by atoms with Gasteiger partial charge in [0.1, 0.15) is 0 Å². The number of hydrogen-bond donors (Lipinski definition) is 2. The first-order valence-corrected chi connectivity index (χ1v) is 10.1. The smallest absolute Gasteiger partial charge is 0.0900 e. The van der Waals surface area contributed by atoms with E-state index in [1.54, 1.807) is 11.3 Å². The van der Waals surface area contributed by atoms with E-state index in [1.807, 2.05) is 0 Å². The second-order valence-corrected chi connectivity index (χ2v) is 9.11. The van der Waals surface area contributed by atoms with E-state index in [9.17, 15) is 5.11 Å². The third-order valence-electron chi connectivity index (χ3n) is 5.62. The molecule has 4 rings (SSSR count). The standard InChI is InChI=1S/C21H27NO2S/c1-21(2,3)14-4-7-18-17(10-14)20-16(6-5-15(11-23)24-20)19(22-18)13-8-9-25-12-13/h4,7-10,12,15-16,19-20,22-23H,5-6,11H2,1-3H3/t15-,16+,19+,20+/m1/s1. The van der Waals surface area contributed by atoms with Gasteiger partial charge in [-0.2, -0.15) is 11.3 Å². The molecule has 25 heavy (non-hydrogen) atoms. The normalized spacial score (nSPS) is 28.8. The van der Waals surface area contributed by atoms with Crippen molar-refractivity contribution in [2.24, 2.45) is 5.92 Å². The van der Waals surface area contributed by atoms with Crippen LogP contribution in [0.15, 0.2) is 35.0 Å². The monoisotopic (exact) mass is 357 g/mol. The molecular weight excluding hydrogens is 330 g/mol. The van der Waals surface area contributed by atoms with Crippen molar-refractivity contribution in [1.82, 2.24) is 0 Å². The van der Waals surface area contributed by atoms with E-state index in [0.29, 0.717) is 5.92 Å². The summed E-state index contributed by atoms with van der Waals surface area (Å²) >= 11 is 1.74. The zero-order valence-electron chi connectivity index (χ0n) is 15.2. The number of aliphatic hydroxyl groups excluding tert-OH is 1. The molecule has 2 aliphatic rings. The van der Waals surface area contributed by atoms with Crippen LogP contribution < -0.4 is 5.32 Å². The summed E-state index contributed by atoms with van der Waals surface area (Å²) in [6.07, 6.45) is 2.00. The van der Waals surface area contributed by atoms with Crippen molar-refractivity contribution in [3.05, 3.63) is 51.7 Å². The maximum absolute atomic E-state index is 9.62. The minimum absolute atomic E-state index is 0.0476. The van der Waals surface area contributed by atoms with Gasteiger partial charge in [-0.15, -0.1) is 0 Å². The number of thiophene rings is 1. The summed E-state index contributed by atoms with van der Waals surface area (Å²) in [5, 5.41) is 17.8. The summed E-state index contributed by atoms with van der Waals surface area (Å²) in [6.45, 7) is 6.84. The summed E-state index contributed by atoms with van der Waals surface area (Å²) < 4.78 is 6.38. The van der Waals surface area contributed by atoms with E-state index in [0.717, 1.165) is 12.8 Å². The highest BCUT2D eigenvalue weighted by Gasteiger charge is 2.42. The highest BCUT2D eigenvalue weighted by molar-refractivity contribution is 7.08. The molecule has 0 aliphatic carbocycles. The first kappa shape index (κ1) is 17.1. The highest BCUT2D eigenvalue weighted by atomic mass is 32.1. The van der Waals surface area contributed by atoms with Crippen LogP contribution in [0.1, 0.15) is 62.4 Å². The van der Waals surface area contributed by atoms with Crippen LogP contribution in [0.5, 0.6) is 0 Å². The molecule has 0 spiro atoms. The van der Waals surface area contributed by atoms with Crippen molar-refractivity contribution in [1.29, 1.82) is 0 Å². The number of nitrogens with one attached hydrogen (secondary N) is 1. The predicted molar refractivity (Wildman–Crippen MR) is 103 cm³/mol. The molecule has 0 amide bonds. The molecule has 3 heterocycles. The number of hydrogen-bond acceptors (Lipinski definition) is 4. The molecule has 2 aromatic rings. The quantitative estimate of drug-likeness (QED) is 0.791. The van der Waals surface area contributed by atoms with Gasteiger partial charge in [0, 0.05) is 17.2 Å². The van der Waals surface area contributed by atoms with Crippen LogP contribution in [-0.2, 0) is 10.2 Å². The molecule has 1 fully saturated rings. The molecule has 4 heteroatoms. The van der Waals surface area contributed by atoms with Crippen LogP contribution >= 0.6 is 11.3 Å². The molecule has 134 valence electrons. The Morgan fingerprint density at radius 1 is 1.24 bits per heavy atom. The van der Waals surface area contributed by atoms with Crippen LogP contribution in [0, 0.1) is 5.92 Å². The van der Waals surface area contributed by atoms with Gasteiger partial charge in [-0.3, -0.25) is 0 Å². The van der Waals surface area contributed by atoms with E-state index >= 15 is 0 Å². The average molecular weight is 358 g/mol. The first-order chi connectivity index (χ1) is 12.0. The maximum atomic E-state index is 9.62. The fourth-order valence-electron chi connectivity index (χ4n) is 4.14. The third-order valence-corrected chi connectivity index (χ3v) is 6.32. The van der Waals surface area contributed by atoms with E-state index in [4.69, 9.17) is 4.74 Å². The van der Waals surface area contributed by atoms with E-state index in [1.165, 1.54) is 22.4 Å². The fraction of sp³-hybridized carbons (Fsp3) is 0.524. The lowest BCUT2D eigenvalue weighted by molar-refractivity contribution is -0.110. The Kier molecular flexibility index (Phi) is 4.38. The summed E-state index contributed by atoms with van der Waals surface area (Å²) in [7, 11) is 0. The van der Waals surface area contributed by atoms with Gasteiger partial charge in [-0.1, -0.05) is 32.9 Å². The second-order valence-electron chi connectivity index (χ2n) is 8.33. The first-order valence-electron chi connectivity index (χ1n) is 9.17. The molecule has 1 saturated heterocycles. The van der Waals surface area contributed by atoms with Crippen molar-refractivity contribution in [3.8, 4) is 0 Å². The number of benzene rings is 1. The molecule has 0 radical (unpaired) electrons. The Labute approximate surface area is 154 Å². The van der Waals surface area contributed by atoms with Gasteiger partial charge in [-0.05, 0) is 52.3 Å². The van der Waals surface area contributed by atoms with Crippen molar-refractivity contribution in [2.75, 3.05) is 11.9 Å². The molecular formula is C21H27NO2S. The molecule has 1 aromatic carbocycles. The summed E-state index contributed by atoms with van der Waals surface area (Å²) in [6, 6.07) is 9.24. The molecule has 1 aromatic heterocycles. The minimum Gasteiger partial charge on any atom is -0.394 e. The average Bonchev–Trinajstić information content (AvgIpc) is 3.13. The number of rotatable bonds is 2. The number of ether oxygens (including phenoxy) is 1. The van der Waals surface area contributed by atoms with Gasteiger partial charge in [0.15, 0.2) is 0 Å². The van der Waals surface area contributed by atoms with Gasteiger partial charge in [-0.25, -0.2) is 0 Å². The van der Waals surface area contributed by atoms with Crippen molar-refractivity contribution in [2.45, 2.75) is 57.3 Å². The maximum Gasteiger partial charge on any atom is 0.0900 e. The summed E-state index contributed by atoms with van der Waals surface area (Å²) in [5.74, 6) is 0.403. The highest BCUT2D eigenvalue weighted by Crippen LogP contribution is 2.51. The summed E-state index contributed by atoms with van der Waals surface area (Å²) in [4.78, 5) is 0. The fourth-order valence-corrected chi connectivity index (χ4v) is 4.84. The molecule has 0 saturated carbocycles. The Bertz CT molecular complexity index is 735. The van der Waals surface area contributed by atoms with Gasteiger partial charge in [0.2, 0.25) is 0 Å². The van der Waals surface area contributed by atoms with Gasteiger partial charge >= 0.3 is 0 Å². The van der Waals surface area contributed by atoms with Crippen LogP contribution in [0.25, 0.3) is 0 Å². The Hall–Kier alpha value is -1.36.